The van der Waals surface area contributed by atoms with Gasteiger partial charge in [0.2, 0.25) is 0 Å². The van der Waals surface area contributed by atoms with E-state index in [0.29, 0.717) is 41.8 Å². The van der Waals surface area contributed by atoms with Gasteiger partial charge in [0, 0.05) is 29.7 Å². The smallest absolute Gasteiger partial charge is 0.263 e. The lowest BCUT2D eigenvalue weighted by atomic mass is 10.2. The lowest BCUT2D eigenvalue weighted by molar-refractivity contribution is -0.868. The fourth-order valence-corrected chi connectivity index (χ4v) is 5.47. The third kappa shape index (κ3) is 4.32. The van der Waals surface area contributed by atoms with Gasteiger partial charge in [-0.3, -0.25) is 4.72 Å². The number of hydroxylamine groups is 3. The number of sulfonamides is 1. The Morgan fingerprint density at radius 2 is 2.08 bits per heavy atom. The predicted octanol–water partition coefficient (Wildman–Crippen LogP) is 3.56. The van der Waals surface area contributed by atoms with E-state index in [1.807, 2.05) is 0 Å². The van der Waals surface area contributed by atoms with Crippen molar-refractivity contribution in [3.63, 3.8) is 0 Å². The molecule has 136 valence electrons. The first-order valence-corrected chi connectivity index (χ1v) is 10.8. The van der Waals surface area contributed by atoms with Gasteiger partial charge in [-0.15, -0.1) is 11.3 Å². The van der Waals surface area contributed by atoms with Crippen LogP contribution < -0.4 is 4.72 Å². The average Bonchev–Trinajstić information content (AvgIpc) is 3.17. The Balaban J connectivity index is 1.69. The molecule has 1 fully saturated rings. The Kier molecular flexibility index (Phi) is 5.36. The second-order valence-electron chi connectivity index (χ2n) is 6.30. The second-order valence-corrected chi connectivity index (χ2v) is 9.21. The minimum absolute atomic E-state index is 0.137. The molecule has 1 N–H and O–H groups in total. The maximum Gasteiger partial charge on any atom is 0.263 e. The van der Waals surface area contributed by atoms with Gasteiger partial charge in [0.15, 0.2) is 5.13 Å². The molecule has 1 aromatic heterocycles. The Bertz CT molecular complexity index is 861. The molecule has 6 nitrogen and oxygen atoms in total. The number of hydrogen-bond donors (Lipinski definition) is 1. The number of aromatic nitrogens is 1. The molecule has 0 unspecified atom stereocenters. The molecule has 25 heavy (non-hydrogen) atoms. The highest BCUT2D eigenvalue weighted by Gasteiger charge is 2.23. The number of nitrogens with one attached hydrogen (secondary N) is 1. The van der Waals surface area contributed by atoms with Crippen molar-refractivity contribution in [3.8, 4) is 0 Å². The Morgan fingerprint density at radius 1 is 1.36 bits per heavy atom. The lowest BCUT2D eigenvalue weighted by Crippen LogP contribution is -2.40. The van der Waals surface area contributed by atoms with Crippen molar-refractivity contribution in [2.24, 2.45) is 0 Å². The Morgan fingerprint density at radius 3 is 2.80 bits per heavy atom. The second kappa shape index (κ2) is 7.20. The summed E-state index contributed by atoms with van der Waals surface area (Å²) in [4.78, 5) is 4.45. The summed E-state index contributed by atoms with van der Waals surface area (Å²) in [7, 11) is -3.75. The fraction of sp³-hybridized carbons (Fsp3) is 0.438. The van der Waals surface area contributed by atoms with Crippen molar-refractivity contribution >= 4 is 38.1 Å². The Labute approximate surface area is 156 Å². The number of thiazole rings is 1. The van der Waals surface area contributed by atoms with Crippen molar-refractivity contribution in [1.29, 1.82) is 0 Å². The summed E-state index contributed by atoms with van der Waals surface area (Å²) in [6.07, 6.45) is 2.51. The van der Waals surface area contributed by atoms with Crippen LogP contribution in [0.4, 0.5) is 5.13 Å². The van der Waals surface area contributed by atoms with E-state index >= 15 is 0 Å². The summed E-state index contributed by atoms with van der Waals surface area (Å²) in [6.45, 7) is 3.48. The number of nitrogens with zero attached hydrogens (tertiary/aromatic N) is 2. The van der Waals surface area contributed by atoms with E-state index in [1.165, 1.54) is 17.4 Å². The normalized spacial score (nSPS) is 16.9. The molecule has 1 aliphatic heterocycles. The molecule has 3 rings (SSSR count). The largest absolute Gasteiger partial charge is 0.633 e. The molecule has 2 heterocycles. The van der Waals surface area contributed by atoms with Gasteiger partial charge in [-0.1, -0.05) is 17.7 Å². The molecular weight excluding hydrogens is 382 g/mol. The van der Waals surface area contributed by atoms with E-state index in [9.17, 15) is 13.6 Å². The number of benzene rings is 1. The molecule has 0 spiro atoms. The van der Waals surface area contributed by atoms with Crippen LogP contribution in [0.15, 0.2) is 28.5 Å². The van der Waals surface area contributed by atoms with Crippen LogP contribution in [0, 0.1) is 12.1 Å². The van der Waals surface area contributed by atoms with Crippen LogP contribution in [0.3, 0.4) is 0 Å². The standard InChI is InChI=1S/C16H20ClN3O3S2/c1-12-14(17)5-4-6-15(12)25(22,23)19-16-18-13(11-24-16)7-10-20(21)8-2-3-9-20/h4-6,11H,2-3,7-10H2,1H3,(H,18,19). The monoisotopic (exact) mass is 401 g/mol. The van der Waals surface area contributed by atoms with Gasteiger partial charge in [-0.2, -0.15) is 0 Å². The Hall–Kier alpha value is -1.19. The van der Waals surface area contributed by atoms with Crippen LogP contribution in [0.5, 0.6) is 0 Å². The van der Waals surface area contributed by atoms with E-state index in [0.717, 1.165) is 18.5 Å². The van der Waals surface area contributed by atoms with Gasteiger partial charge in [-0.05, 0) is 24.6 Å². The summed E-state index contributed by atoms with van der Waals surface area (Å²) in [5.74, 6) is 0. The molecule has 0 bridgehead atoms. The molecule has 2 aromatic rings. The molecule has 1 saturated heterocycles. The van der Waals surface area contributed by atoms with Crippen molar-refractivity contribution in [2.75, 3.05) is 24.4 Å². The van der Waals surface area contributed by atoms with Crippen molar-refractivity contribution in [3.05, 3.63) is 45.1 Å². The van der Waals surface area contributed by atoms with E-state index in [1.54, 1.807) is 24.4 Å². The number of halogens is 1. The summed E-state index contributed by atoms with van der Waals surface area (Å²) in [6, 6.07) is 4.76. The van der Waals surface area contributed by atoms with E-state index in [2.05, 4.69) is 9.71 Å². The SMILES string of the molecule is Cc1c(Cl)cccc1S(=O)(=O)Nc1nc(CC[N+]2([O-])CCCC2)cs1. The lowest BCUT2D eigenvalue weighted by Gasteiger charge is -2.38. The van der Waals surface area contributed by atoms with Crippen LogP contribution >= 0.6 is 22.9 Å². The molecule has 9 heteroatoms. The maximum atomic E-state index is 12.5. The zero-order chi connectivity index (χ0) is 18.1. The number of likely N-dealkylation sites (tertiary alicyclic amines) is 1. The molecule has 1 aliphatic rings. The van der Waals surface area contributed by atoms with Crippen molar-refractivity contribution < 1.29 is 13.1 Å². The predicted molar refractivity (Wildman–Crippen MR) is 100 cm³/mol. The van der Waals surface area contributed by atoms with Gasteiger partial charge in [0.05, 0.1) is 30.2 Å². The van der Waals surface area contributed by atoms with Crippen molar-refractivity contribution in [1.82, 2.24) is 4.98 Å². The summed E-state index contributed by atoms with van der Waals surface area (Å²) >= 11 is 7.23. The zero-order valence-corrected chi connectivity index (χ0v) is 16.3. The minimum atomic E-state index is -3.75. The van der Waals surface area contributed by atoms with Crippen LogP contribution in [-0.2, 0) is 16.4 Å². The minimum Gasteiger partial charge on any atom is -0.633 e. The summed E-state index contributed by atoms with van der Waals surface area (Å²) in [5.41, 5.74) is 1.24. The maximum absolute atomic E-state index is 12.5. The molecule has 0 radical (unpaired) electrons. The van der Waals surface area contributed by atoms with Gasteiger partial charge < -0.3 is 9.85 Å². The van der Waals surface area contributed by atoms with Gasteiger partial charge in [-0.25, -0.2) is 13.4 Å². The zero-order valence-electron chi connectivity index (χ0n) is 13.9. The summed E-state index contributed by atoms with van der Waals surface area (Å²) in [5, 5.41) is 14.9. The molecular formula is C16H20ClN3O3S2. The molecule has 0 saturated carbocycles. The molecule has 1 aromatic carbocycles. The van der Waals surface area contributed by atoms with Gasteiger partial charge in [0.25, 0.3) is 10.0 Å². The first-order valence-electron chi connectivity index (χ1n) is 8.09. The van der Waals surface area contributed by atoms with Crippen LogP contribution in [-0.4, -0.2) is 37.7 Å². The summed E-state index contributed by atoms with van der Waals surface area (Å²) < 4.78 is 27.4. The third-order valence-electron chi connectivity index (χ3n) is 4.44. The van der Waals surface area contributed by atoms with E-state index in [4.69, 9.17) is 11.6 Å². The highest BCUT2D eigenvalue weighted by molar-refractivity contribution is 7.93. The average molecular weight is 402 g/mol. The highest BCUT2D eigenvalue weighted by atomic mass is 35.5. The molecule has 0 atom stereocenters. The van der Waals surface area contributed by atoms with E-state index in [-0.39, 0.29) is 9.54 Å². The number of hydrogen-bond acceptors (Lipinski definition) is 5. The third-order valence-corrected chi connectivity index (χ3v) is 7.27. The quantitative estimate of drug-likeness (QED) is 0.592. The number of anilines is 1. The van der Waals surface area contributed by atoms with Gasteiger partial charge in [0.1, 0.15) is 0 Å². The molecule has 0 aliphatic carbocycles. The van der Waals surface area contributed by atoms with Crippen molar-refractivity contribution in [2.45, 2.75) is 31.1 Å². The molecule has 0 amide bonds. The number of rotatable bonds is 6. The van der Waals surface area contributed by atoms with Crippen LogP contribution in [0.25, 0.3) is 0 Å². The fourth-order valence-electron chi connectivity index (χ4n) is 2.97. The highest BCUT2D eigenvalue weighted by Crippen LogP contribution is 2.26. The number of quaternary nitrogens is 1. The first kappa shape index (κ1) is 18.6. The topological polar surface area (TPSA) is 82.1 Å². The first-order chi connectivity index (χ1) is 11.8. The van der Waals surface area contributed by atoms with Crippen LogP contribution in [0.1, 0.15) is 24.1 Å². The van der Waals surface area contributed by atoms with Crippen LogP contribution in [0.2, 0.25) is 5.02 Å². The van der Waals surface area contributed by atoms with E-state index < -0.39 is 10.0 Å². The van der Waals surface area contributed by atoms with Gasteiger partial charge >= 0.3 is 0 Å².